The fourth-order valence-corrected chi connectivity index (χ4v) is 4.89. The second-order valence-electron chi connectivity index (χ2n) is 9.86. The third-order valence-electron chi connectivity index (χ3n) is 6.96. The highest BCUT2D eigenvalue weighted by Crippen LogP contribution is 2.30. The highest BCUT2D eigenvalue weighted by molar-refractivity contribution is 6.04. The van der Waals surface area contributed by atoms with Crippen molar-refractivity contribution in [3.8, 4) is 0 Å². The Morgan fingerprint density at radius 2 is 1.75 bits per heavy atom. The number of hydrogen-bond acceptors (Lipinski definition) is 4. The van der Waals surface area contributed by atoms with Crippen molar-refractivity contribution in [2.75, 3.05) is 48.4 Å². The quantitative estimate of drug-likeness (QED) is 0.248. The van der Waals surface area contributed by atoms with Crippen LogP contribution in [0.1, 0.15) is 42.1 Å². The molecule has 0 atom stereocenters. The number of halogens is 2. The van der Waals surface area contributed by atoms with Gasteiger partial charge in [-0.15, -0.1) is 0 Å². The molecule has 0 unspecified atom stereocenters. The third kappa shape index (κ3) is 8.26. The highest BCUT2D eigenvalue weighted by Gasteiger charge is 2.24. The molecule has 0 aliphatic carbocycles. The van der Waals surface area contributed by atoms with Gasteiger partial charge in [0.25, 0.3) is 5.91 Å². The summed E-state index contributed by atoms with van der Waals surface area (Å²) in [6, 6.07) is 17.9. The average Bonchev–Trinajstić information content (AvgIpc) is 2.95. The molecule has 3 aromatic carbocycles. The molecule has 1 saturated heterocycles. The molecule has 7 nitrogen and oxygen atoms in total. The van der Waals surface area contributed by atoms with Gasteiger partial charge in [-0.3, -0.25) is 4.79 Å². The van der Waals surface area contributed by atoms with Crippen LogP contribution in [-0.2, 0) is 11.2 Å². The number of anilines is 3. The molecule has 0 spiro atoms. The van der Waals surface area contributed by atoms with Crippen LogP contribution in [0.4, 0.5) is 30.6 Å². The Morgan fingerprint density at radius 3 is 2.48 bits per heavy atom. The van der Waals surface area contributed by atoms with Gasteiger partial charge in [-0.2, -0.15) is 0 Å². The van der Waals surface area contributed by atoms with Crippen molar-refractivity contribution in [1.82, 2.24) is 5.32 Å². The number of carbonyl (C=O) groups excluding carboxylic acids is 2. The van der Waals surface area contributed by atoms with Crippen LogP contribution in [0.2, 0.25) is 0 Å². The molecule has 0 saturated carbocycles. The fraction of sp³-hybridized carbons (Fsp3) is 0.355. The molecule has 0 bridgehead atoms. The van der Waals surface area contributed by atoms with Crippen LogP contribution in [0.5, 0.6) is 0 Å². The number of amides is 3. The Labute approximate surface area is 233 Å². The molecule has 4 rings (SSSR count). The summed E-state index contributed by atoms with van der Waals surface area (Å²) in [4.78, 5) is 28.0. The van der Waals surface area contributed by atoms with E-state index in [4.69, 9.17) is 4.74 Å². The number of hydrogen-bond donors (Lipinski definition) is 3. The maximum absolute atomic E-state index is 14.0. The van der Waals surface area contributed by atoms with Crippen molar-refractivity contribution in [3.63, 3.8) is 0 Å². The normalized spacial score (nSPS) is 13.6. The van der Waals surface area contributed by atoms with Gasteiger partial charge in [0.1, 0.15) is 11.6 Å². The van der Waals surface area contributed by atoms with E-state index < -0.39 is 17.7 Å². The zero-order valence-electron chi connectivity index (χ0n) is 22.7. The second kappa shape index (κ2) is 14.4. The minimum Gasteiger partial charge on any atom is -0.382 e. The Balaban J connectivity index is 1.45. The van der Waals surface area contributed by atoms with Crippen molar-refractivity contribution < 1.29 is 23.1 Å². The number of carbonyl (C=O) groups is 2. The van der Waals surface area contributed by atoms with Gasteiger partial charge in [-0.25, -0.2) is 13.6 Å². The van der Waals surface area contributed by atoms with Crippen molar-refractivity contribution in [2.24, 2.45) is 5.92 Å². The van der Waals surface area contributed by atoms with Crippen LogP contribution in [0.3, 0.4) is 0 Å². The Bertz CT molecular complexity index is 1280. The first kappa shape index (κ1) is 29.0. The SMILES string of the molecule is CCOCCCNC(=O)c1cc(NC(=O)Nc2ccc(F)cc2F)ccc1N1CCC(Cc2ccccc2)CC1. The van der Waals surface area contributed by atoms with Gasteiger partial charge in [-0.1, -0.05) is 30.3 Å². The lowest BCUT2D eigenvalue weighted by molar-refractivity contribution is 0.0944. The average molecular weight is 551 g/mol. The van der Waals surface area contributed by atoms with Gasteiger partial charge < -0.3 is 25.6 Å². The summed E-state index contributed by atoms with van der Waals surface area (Å²) in [7, 11) is 0. The van der Waals surface area contributed by atoms with Crippen molar-refractivity contribution >= 4 is 29.0 Å². The van der Waals surface area contributed by atoms with Gasteiger partial charge >= 0.3 is 6.03 Å². The minimum absolute atomic E-state index is 0.152. The maximum atomic E-state index is 14.0. The largest absolute Gasteiger partial charge is 0.382 e. The maximum Gasteiger partial charge on any atom is 0.323 e. The number of rotatable bonds is 11. The lowest BCUT2D eigenvalue weighted by Gasteiger charge is -2.35. The Hall–Kier alpha value is -3.98. The number of nitrogens with zero attached hydrogens (tertiary/aromatic N) is 1. The molecule has 9 heteroatoms. The van der Waals surface area contributed by atoms with Crippen LogP contribution in [0.15, 0.2) is 66.7 Å². The molecule has 1 aliphatic heterocycles. The monoisotopic (exact) mass is 550 g/mol. The number of piperidine rings is 1. The summed E-state index contributed by atoms with van der Waals surface area (Å²) < 4.78 is 32.5. The first-order valence-electron chi connectivity index (χ1n) is 13.7. The van der Waals surface area contributed by atoms with Crippen molar-refractivity contribution in [3.05, 3.63) is 89.5 Å². The summed E-state index contributed by atoms with van der Waals surface area (Å²) in [6.45, 7) is 5.20. The molecule has 0 radical (unpaired) electrons. The molecule has 1 heterocycles. The number of nitrogens with one attached hydrogen (secondary N) is 3. The summed E-state index contributed by atoms with van der Waals surface area (Å²) in [5.74, 6) is -1.29. The molecular formula is C31H36F2N4O3. The molecule has 40 heavy (non-hydrogen) atoms. The first-order valence-corrected chi connectivity index (χ1v) is 13.7. The van der Waals surface area contributed by atoms with E-state index in [1.165, 1.54) is 5.56 Å². The predicted molar refractivity (Wildman–Crippen MR) is 154 cm³/mol. The van der Waals surface area contributed by atoms with E-state index in [2.05, 4.69) is 45.1 Å². The van der Waals surface area contributed by atoms with Crippen LogP contribution >= 0.6 is 0 Å². The molecule has 1 fully saturated rings. The molecular weight excluding hydrogens is 514 g/mol. The van der Waals surface area contributed by atoms with Crippen LogP contribution in [0, 0.1) is 17.6 Å². The van der Waals surface area contributed by atoms with Gasteiger partial charge in [0, 0.05) is 50.3 Å². The lowest BCUT2D eigenvalue weighted by Crippen LogP contribution is -2.36. The molecule has 212 valence electrons. The second-order valence-corrected chi connectivity index (χ2v) is 9.86. The van der Waals surface area contributed by atoms with Crippen molar-refractivity contribution in [1.29, 1.82) is 0 Å². The van der Waals surface area contributed by atoms with E-state index >= 15 is 0 Å². The molecule has 3 aromatic rings. The van der Waals surface area contributed by atoms with Gasteiger partial charge in [0.05, 0.1) is 11.3 Å². The van der Waals surface area contributed by atoms with Crippen molar-refractivity contribution in [2.45, 2.75) is 32.6 Å². The van der Waals surface area contributed by atoms with E-state index in [0.717, 1.165) is 50.2 Å². The predicted octanol–water partition coefficient (Wildman–Crippen LogP) is 6.22. The summed E-state index contributed by atoms with van der Waals surface area (Å²) in [6.07, 6.45) is 3.74. The Kier molecular flexibility index (Phi) is 10.5. The van der Waals surface area contributed by atoms with E-state index in [1.54, 1.807) is 12.1 Å². The molecule has 3 amide bonds. The van der Waals surface area contributed by atoms with E-state index in [1.807, 2.05) is 19.1 Å². The zero-order chi connectivity index (χ0) is 28.3. The smallest absolute Gasteiger partial charge is 0.323 e. The standard InChI is InChI=1S/C31H36F2N4O3/c1-2-40-18-6-15-34-30(38)26-21-25(35-31(39)36-28-11-9-24(32)20-27(28)33)10-12-29(26)37-16-13-23(14-17-37)19-22-7-4-3-5-8-22/h3-5,7-12,20-21,23H,2,6,13-19H2,1H3,(H,34,38)(H2,35,36,39). The van der Waals surface area contributed by atoms with Gasteiger partial charge in [0.15, 0.2) is 0 Å². The first-order chi connectivity index (χ1) is 19.4. The molecule has 3 N–H and O–H groups in total. The van der Waals surface area contributed by atoms with E-state index in [-0.39, 0.29) is 11.6 Å². The third-order valence-corrected chi connectivity index (χ3v) is 6.96. The minimum atomic E-state index is -0.881. The number of urea groups is 1. The van der Waals surface area contributed by atoms with Gasteiger partial charge in [-0.05, 0) is 74.4 Å². The topological polar surface area (TPSA) is 82.7 Å². The summed E-state index contributed by atoms with van der Waals surface area (Å²) in [5.41, 5.74) is 2.81. The number of benzene rings is 3. The van der Waals surface area contributed by atoms with E-state index in [9.17, 15) is 18.4 Å². The van der Waals surface area contributed by atoms with Gasteiger partial charge in [0.2, 0.25) is 0 Å². The van der Waals surface area contributed by atoms with Crippen LogP contribution < -0.4 is 20.9 Å². The number of ether oxygens (including phenoxy) is 1. The Morgan fingerprint density at radius 1 is 0.975 bits per heavy atom. The zero-order valence-corrected chi connectivity index (χ0v) is 22.7. The van der Waals surface area contributed by atoms with Crippen LogP contribution in [-0.4, -0.2) is 44.8 Å². The van der Waals surface area contributed by atoms with Crippen LogP contribution in [0.25, 0.3) is 0 Å². The molecule has 1 aliphatic rings. The summed E-state index contributed by atoms with van der Waals surface area (Å²) >= 11 is 0. The molecule has 0 aromatic heterocycles. The highest BCUT2D eigenvalue weighted by atomic mass is 19.1. The lowest BCUT2D eigenvalue weighted by atomic mass is 9.89. The van der Waals surface area contributed by atoms with E-state index in [0.29, 0.717) is 49.4 Å². The summed E-state index contributed by atoms with van der Waals surface area (Å²) in [5, 5.41) is 7.97. The fourth-order valence-electron chi connectivity index (χ4n) is 4.89.